The normalized spacial score (nSPS) is 15.4. The first-order valence-corrected chi connectivity index (χ1v) is 8.03. The summed E-state index contributed by atoms with van der Waals surface area (Å²) in [7, 11) is -3.71. The molecule has 0 bridgehead atoms. The Morgan fingerprint density at radius 1 is 1.10 bits per heavy atom. The fourth-order valence-corrected chi connectivity index (χ4v) is 3.60. The quantitative estimate of drug-likeness (QED) is 0.780. The standard InChI is InChI=1S/C13H9Cl2N3O2S/c14-7-1-3-11(10(15)5-7)17-13-9-6-8(16)2-4-12(9)21(19,20)18-13/h1-6H,16H2,(H,17,18). The number of hydrogen-bond donors (Lipinski definition) is 2. The third-order valence-corrected chi connectivity index (χ3v) is 4.81. The van der Waals surface area contributed by atoms with E-state index in [2.05, 4.69) is 9.71 Å². The minimum absolute atomic E-state index is 0.115. The van der Waals surface area contributed by atoms with Crippen molar-refractivity contribution in [3.8, 4) is 0 Å². The molecule has 0 fully saturated rings. The molecule has 0 radical (unpaired) electrons. The first-order valence-electron chi connectivity index (χ1n) is 5.84. The molecule has 1 heterocycles. The second-order valence-corrected chi connectivity index (χ2v) is 6.84. The number of nitrogens with two attached hydrogens (primary N) is 1. The van der Waals surface area contributed by atoms with Crippen LogP contribution in [0.25, 0.3) is 0 Å². The van der Waals surface area contributed by atoms with Crippen LogP contribution >= 0.6 is 23.2 Å². The predicted octanol–water partition coefficient (Wildman–Crippen LogP) is 3.14. The van der Waals surface area contributed by atoms with Crippen molar-refractivity contribution >= 4 is 50.4 Å². The van der Waals surface area contributed by atoms with E-state index in [-0.39, 0.29) is 10.7 Å². The zero-order chi connectivity index (χ0) is 15.2. The SMILES string of the molecule is Nc1ccc2c(c1)C(Nc1ccc(Cl)cc1Cl)=NS2(=O)=O. The van der Waals surface area contributed by atoms with E-state index >= 15 is 0 Å². The van der Waals surface area contributed by atoms with E-state index in [0.29, 0.717) is 27.0 Å². The van der Waals surface area contributed by atoms with Gasteiger partial charge in [-0.1, -0.05) is 23.2 Å². The lowest BCUT2D eigenvalue weighted by Gasteiger charge is -2.09. The first kappa shape index (κ1) is 14.2. The van der Waals surface area contributed by atoms with Crippen molar-refractivity contribution in [2.45, 2.75) is 4.90 Å². The van der Waals surface area contributed by atoms with E-state index < -0.39 is 10.0 Å². The van der Waals surface area contributed by atoms with E-state index in [1.54, 1.807) is 24.3 Å². The van der Waals surface area contributed by atoms with Crippen LogP contribution in [0.15, 0.2) is 45.7 Å². The van der Waals surface area contributed by atoms with Gasteiger partial charge in [-0.3, -0.25) is 0 Å². The number of halogens is 2. The van der Waals surface area contributed by atoms with E-state index in [1.165, 1.54) is 12.1 Å². The number of nitrogens with one attached hydrogen (secondary N) is 1. The van der Waals surface area contributed by atoms with Crippen molar-refractivity contribution in [1.29, 1.82) is 0 Å². The highest BCUT2D eigenvalue weighted by atomic mass is 35.5. The summed E-state index contributed by atoms with van der Waals surface area (Å²) in [5, 5.41) is 3.74. The molecule has 8 heteroatoms. The summed E-state index contributed by atoms with van der Waals surface area (Å²) in [5.74, 6) is 0.182. The molecule has 0 amide bonds. The molecule has 0 unspecified atom stereocenters. The van der Waals surface area contributed by atoms with Crippen LogP contribution in [0.5, 0.6) is 0 Å². The molecular formula is C13H9Cl2N3O2S. The van der Waals surface area contributed by atoms with Crippen LogP contribution < -0.4 is 11.1 Å². The number of rotatable bonds is 1. The van der Waals surface area contributed by atoms with Crippen molar-refractivity contribution in [3.05, 3.63) is 52.0 Å². The highest BCUT2D eigenvalue weighted by molar-refractivity contribution is 7.90. The zero-order valence-electron chi connectivity index (χ0n) is 10.5. The van der Waals surface area contributed by atoms with Crippen LogP contribution in [0, 0.1) is 0 Å². The molecule has 2 aromatic rings. The second kappa shape index (κ2) is 4.91. The van der Waals surface area contributed by atoms with Gasteiger partial charge in [0.25, 0.3) is 10.0 Å². The highest BCUT2D eigenvalue weighted by Crippen LogP contribution is 2.31. The van der Waals surface area contributed by atoms with Crippen molar-refractivity contribution in [2.75, 3.05) is 11.1 Å². The molecule has 0 spiro atoms. The summed E-state index contributed by atoms with van der Waals surface area (Å²) >= 11 is 11.9. The van der Waals surface area contributed by atoms with Crippen molar-refractivity contribution < 1.29 is 8.42 Å². The van der Waals surface area contributed by atoms with Crippen LogP contribution in [0.1, 0.15) is 5.56 Å². The molecule has 0 atom stereocenters. The van der Waals surface area contributed by atoms with Gasteiger partial charge in [0.2, 0.25) is 0 Å². The summed E-state index contributed by atoms with van der Waals surface area (Å²) < 4.78 is 27.7. The van der Waals surface area contributed by atoms with Crippen LogP contribution in [-0.2, 0) is 10.0 Å². The minimum atomic E-state index is -3.71. The van der Waals surface area contributed by atoms with E-state index in [9.17, 15) is 8.42 Å². The maximum atomic E-state index is 12.0. The monoisotopic (exact) mass is 341 g/mol. The van der Waals surface area contributed by atoms with Gasteiger partial charge in [-0.25, -0.2) is 0 Å². The molecule has 108 valence electrons. The number of nitrogens with zero attached hydrogens (tertiary/aromatic N) is 1. The fourth-order valence-electron chi connectivity index (χ4n) is 1.98. The summed E-state index contributed by atoms with van der Waals surface area (Å²) in [6.45, 7) is 0. The summed E-state index contributed by atoms with van der Waals surface area (Å²) in [5.41, 5.74) is 7.07. The Bertz CT molecular complexity index is 879. The predicted molar refractivity (Wildman–Crippen MR) is 84.7 cm³/mol. The highest BCUT2D eigenvalue weighted by Gasteiger charge is 2.29. The maximum Gasteiger partial charge on any atom is 0.285 e. The lowest BCUT2D eigenvalue weighted by Crippen LogP contribution is -2.12. The van der Waals surface area contributed by atoms with Gasteiger partial charge in [-0.15, -0.1) is 4.40 Å². The van der Waals surface area contributed by atoms with Gasteiger partial charge in [0, 0.05) is 16.3 Å². The molecule has 0 aliphatic carbocycles. The number of amidine groups is 1. The van der Waals surface area contributed by atoms with Gasteiger partial charge in [-0.05, 0) is 36.4 Å². The summed E-state index contributed by atoms with van der Waals surface area (Å²) in [6.07, 6.45) is 0. The average Bonchev–Trinajstić information content (AvgIpc) is 2.64. The average molecular weight is 342 g/mol. The maximum absolute atomic E-state index is 12.0. The van der Waals surface area contributed by atoms with Crippen molar-refractivity contribution in [2.24, 2.45) is 4.40 Å². The molecule has 3 rings (SSSR count). The number of hydrogen-bond acceptors (Lipinski definition) is 4. The van der Waals surface area contributed by atoms with Gasteiger partial charge >= 0.3 is 0 Å². The lowest BCUT2D eigenvalue weighted by molar-refractivity contribution is 0.599. The zero-order valence-corrected chi connectivity index (χ0v) is 12.8. The minimum Gasteiger partial charge on any atom is -0.399 e. The first-order chi connectivity index (χ1) is 9.87. The summed E-state index contributed by atoms with van der Waals surface area (Å²) in [6, 6.07) is 9.33. The molecule has 0 saturated heterocycles. The Labute approximate surface area is 131 Å². The van der Waals surface area contributed by atoms with Gasteiger partial charge < -0.3 is 11.1 Å². The van der Waals surface area contributed by atoms with Gasteiger partial charge in [0.05, 0.1) is 10.7 Å². The van der Waals surface area contributed by atoms with Gasteiger partial charge in [0.15, 0.2) is 5.84 Å². The Morgan fingerprint density at radius 3 is 2.57 bits per heavy atom. The molecule has 1 aliphatic rings. The van der Waals surface area contributed by atoms with Crippen molar-refractivity contribution in [1.82, 2.24) is 0 Å². The molecule has 3 N–H and O–H groups in total. The third kappa shape index (κ3) is 2.57. The molecule has 1 aliphatic heterocycles. The number of anilines is 2. The van der Waals surface area contributed by atoms with E-state index in [1.807, 2.05) is 0 Å². The number of benzene rings is 2. The number of sulfonamides is 1. The van der Waals surface area contributed by atoms with Gasteiger partial charge in [0.1, 0.15) is 4.90 Å². The van der Waals surface area contributed by atoms with Crippen LogP contribution in [-0.4, -0.2) is 14.3 Å². The largest absolute Gasteiger partial charge is 0.399 e. The van der Waals surface area contributed by atoms with Crippen LogP contribution in [0.2, 0.25) is 10.0 Å². The third-order valence-electron chi connectivity index (χ3n) is 2.93. The van der Waals surface area contributed by atoms with Gasteiger partial charge in [-0.2, -0.15) is 8.42 Å². The smallest absolute Gasteiger partial charge is 0.285 e. The second-order valence-electron chi connectivity index (χ2n) is 4.42. The molecule has 21 heavy (non-hydrogen) atoms. The molecular weight excluding hydrogens is 333 g/mol. The number of fused-ring (bicyclic) bond motifs is 1. The fraction of sp³-hybridized carbons (Fsp3) is 0. The Kier molecular flexibility index (Phi) is 3.32. The van der Waals surface area contributed by atoms with E-state index in [4.69, 9.17) is 28.9 Å². The van der Waals surface area contributed by atoms with Crippen LogP contribution in [0.4, 0.5) is 11.4 Å². The molecule has 0 aromatic heterocycles. The topological polar surface area (TPSA) is 84.5 Å². The molecule has 0 saturated carbocycles. The summed E-state index contributed by atoms with van der Waals surface area (Å²) in [4.78, 5) is 0.115. The van der Waals surface area contributed by atoms with E-state index in [0.717, 1.165) is 0 Å². The Morgan fingerprint density at radius 2 is 1.86 bits per heavy atom. The Balaban J connectivity index is 2.07. The molecule has 5 nitrogen and oxygen atoms in total. The molecule has 2 aromatic carbocycles. The van der Waals surface area contributed by atoms with Crippen molar-refractivity contribution in [3.63, 3.8) is 0 Å². The number of nitrogen functional groups attached to an aromatic ring is 1. The Hall–Kier alpha value is -1.76. The lowest BCUT2D eigenvalue weighted by atomic mass is 10.1. The van der Waals surface area contributed by atoms with Crippen LogP contribution in [0.3, 0.4) is 0 Å².